The summed E-state index contributed by atoms with van der Waals surface area (Å²) in [6.07, 6.45) is 0. The zero-order valence-electron chi connectivity index (χ0n) is 19.3. The second-order valence-electron chi connectivity index (χ2n) is 8.39. The van der Waals surface area contributed by atoms with Crippen LogP contribution in [-0.2, 0) is 26.7 Å². The van der Waals surface area contributed by atoms with Crippen molar-refractivity contribution in [2.24, 2.45) is 10.3 Å². The minimum absolute atomic E-state index is 0.0239. The minimum Gasteiger partial charge on any atom is -0.488 e. The number of H-pyrrole nitrogens is 1. The van der Waals surface area contributed by atoms with Gasteiger partial charge in [-0.3, -0.25) is 5.10 Å². The Morgan fingerprint density at radius 2 is 1.35 bits per heavy atom. The van der Waals surface area contributed by atoms with Crippen LogP contribution in [0.3, 0.4) is 0 Å². The number of aromatic nitrogens is 2. The Labute approximate surface area is 213 Å². The van der Waals surface area contributed by atoms with E-state index in [0.29, 0.717) is 39.0 Å². The molecule has 37 heavy (non-hydrogen) atoms. The van der Waals surface area contributed by atoms with Crippen LogP contribution in [0.15, 0.2) is 101 Å². The van der Waals surface area contributed by atoms with Crippen LogP contribution < -0.4 is 15.0 Å². The van der Waals surface area contributed by atoms with E-state index in [2.05, 4.69) is 10.2 Å². The summed E-state index contributed by atoms with van der Waals surface area (Å²) in [6.45, 7) is 0.266. The van der Waals surface area contributed by atoms with Crippen LogP contribution >= 0.6 is 0 Å². The number of nitrogens with zero attached hydrogens (tertiary/aromatic N) is 1. The third-order valence-electron chi connectivity index (χ3n) is 5.81. The fourth-order valence-electron chi connectivity index (χ4n) is 4.01. The zero-order chi connectivity index (χ0) is 26.2. The number of sulfonamides is 2. The van der Waals surface area contributed by atoms with E-state index >= 15 is 0 Å². The number of hydrogen-bond acceptors (Lipinski definition) is 6. The Morgan fingerprint density at radius 1 is 0.730 bits per heavy atom. The molecule has 0 aliphatic rings. The van der Waals surface area contributed by atoms with Crippen molar-refractivity contribution < 1.29 is 21.6 Å². The molecule has 0 aliphatic carbocycles. The third kappa shape index (κ3) is 5.25. The molecule has 11 heteroatoms. The van der Waals surface area contributed by atoms with E-state index in [9.17, 15) is 16.8 Å². The quantitative estimate of drug-likeness (QED) is 0.288. The van der Waals surface area contributed by atoms with Crippen molar-refractivity contribution in [3.05, 3.63) is 96.6 Å². The fraction of sp³-hybridized carbons (Fsp3) is 0.0385. The lowest BCUT2D eigenvalue weighted by Crippen LogP contribution is -2.12. The van der Waals surface area contributed by atoms with Gasteiger partial charge in [0, 0.05) is 16.5 Å². The van der Waals surface area contributed by atoms with E-state index in [1.807, 2.05) is 30.3 Å². The van der Waals surface area contributed by atoms with E-state index in [1.165, 1.54) is 24.3 Å². The maximum Gasteiger partial charge on any atom is 0.238 e. The van der Waals surface area contributed by atoms with E-state index < -0.39 is 20.0 Å². The van der Waals surface area contributed by atoms with E-state index in [1.54, 1.807) is 36.4 Å². The normalized spacial score (nSPS) is 12.1. The maximum absolute atomic E-state index is 12.0. The van der Waals surface area contributed by atoms with Gasteiger partial charge in [0.15, 0.2) is 0 Å². The number of benzene rings is 4. The summed E-state index contributed by atoms with van der Waals surface area (Å²) in [4.78, 5) is -0.0534. The van der Waals surface area contributed by atoms with Gasteiger partial charge in [-0.15, -0.1) is 0 Å². The predicted molar refractivity (Wildman–Crippen MR) is 140 cm³/mol. The molecule has 0 fully saturated rings. The van der Waals surface area contributed by atoms with Crippen molar-refractivity contribution in [2.45, 2.75) is 16.4 Å². The van der Waals surface area contributed by atoms with Gasteiger partial charge in [-0.25, -0.2) is 27.1 Å². The van der Waals surface area contributed by atoms with Crippen molar-refractivity contribution in [3.63, 3.8) is 0 Å². The summed E-state index contributed by atoms with van der Waals surface area (Å²) in [5.74, 6) is 0.480. The number of fused-ring (bicyclic) bond motifs is 1. The molecule has 0 aliphatic heterocycles. The molecule has 0 saturated carbocycles. The van der Waals surface area contributed by atoms with Crippen LogP contribution in [0.2, 0.25) is 0 Å². The summed E-state index contributed by atoms with van der Waals surface area (Å²) in [5.41, 5.74) is 3.86. The van der Waals surface area contributed by atoms with Crippen LogP contribution in [0.4, 0.5) is 0 Å². The van der Waals surface area contributed by atoms with Crippen LogP contribution in [-0.4, -0.2) is 27.0 Å². The molecule has 0 atom stereocenters. The lowest BCUT2D eigenvalue weighted by atomic mass is 10.0. The molecular weight excluding hydrogens is 512 g/mol. The number of primary sulfonamides is 2. The number of nitrogens with one attached hydrogen (secondary N) is 1. The summed E-state index contributed by atoms with van der Waals surface area (Å²) < 4.78 is 53.9. The molecular formula is C26H22N4O5S2. The minimum atomic E-state index is -3.91. The Balaban J connectivity index is 1.67. The highest BCUT2D eigenvalue weighted by molar-refractivity contribution is 7.89. The average molecular weight is 535 g/mol. The molecule has 4 aromatic carbocycles. The summed E-state index contributed by atoms with van der Waals surface area (Å²) in [5, 5.41) is 18.7. The van der Waals surface area contributed by atoms with Crippen molar-refractivity contribution >= 4 is 30.9 Å². The molecule has 1 aromatic heterocycles. The Bertz CT molecular complexity index is 1830. The molecule has 1 heterocycles. The smallest absolute Gasteiger partial charge is 0.238 e. The molecule has 9 nitrogen and oxygen atoms in total. The monoisotopic (exact) mass is 534 g/mol. The van der Waals surface area contributed by atoms with Crippen molar-refractivity contribution in [3.8, 4) is 28.1 Å². The first kappa shape index (κ1) is 24.7. The van der Waals surface area contributed by atoms with Crippen LogP contribution in [0.5, 0.6) is 5.75 Å². The van der Waals surface area contributed by atoms with E-state index in [4.69, 9.17) is 15.0 Å². The van der Waals surface area contributed by atoms with Crippen molar-refractivity contribution in [1.29, 1.82) is 0 Å². The first-order valence-corrected chi connectivity index (χ1v) is 14.1. The molecule has 0 saturated heterocycles. The van der Waals surface area contributed by atoms with Gasteiger partial charge in [-0.2, -0.15) is 5.10 Å². The summed E-state index contributed by atoms with van der Waals surface area (Å²) >= 11 is 0. The van der Waals surface area contributed by atoms with Gasteiger partial charge < -0.3 is 4.74 Å². The highest BCUT2D eigenvalue weighted by Gasteiger charge is 2.18. The average Bonchev–Trinajstić information content (AvgIpc) is 3.29. The third-order valence-corrected chi connectivity index (χ3v) is 7.63. The van der Waals surface area contributed by atoms with Crippen LogP contribution in [0, 0.1) is 0 Å². The lowest BCUT2D eigenvalue weighted by Gasteiger charge is -2.14. The number of nitrogens with two attached hydrogens (primary N) is 2. The second-order valence-corrected chi connectivity index (χ2v) is 11.5. The molecule has 5 rings (SSSR count). The second kappa shape index (κ2) is 9.45. The fourth-order valence-corrected chi connectivity index (χ4v) is 5.12. The van der Waals surface area contributed by atoms with Gasteiger partial charge in [0.25, 0.3) is 0 Å². The predicted octanol–water partition coefficient (Wildman–Crippen LogP) is 3.77. The van der Waals surface area contributed by atoms with Gasteiger partial charge >= 0.3 is 0 Å². The number of rotatable bonds is 7. The topological polar surface area (TPSA) is 158 Å². The first-order chi connectivity index (χ1) is 17.6. The number of hydrogen-bond donors (Lipinski definition) is 3. The molecule has 0 unspecified atom stereocenters. The number of aromatic amines is 1. The Hall–Kier alpha value is -4.03. The van der Waals surface area contributed by atoms with Gasteiger partial charge in [-0.05, 0) is 47.5 Å². The first-order valence-electron chi connectivity index (χ1n) is 11.0. The van der Waals surface area contributed by atoms with Gasteiger partial charge in [0.1, 0.15) is 18.1 Å². The molecule has 5 N–H and O–H groups in total. The molecule has 0 bridgehead atoms. The standard InChI is InChI=1S/C26H22N4O5S2/c27-36(31,32)20-10-4-8-18(12-20)22-14-24-23(15-25(22)35-16-17-6-2-1-3-7-17)26(30-29-24)19-9-5-11-21(13-19)37(28,33)34/h1-15H,16H2,(H,29,30)(H2,27,31,32)(H2,28,33,34). The van der Waals surface area contributed by atoms with Crippen molar-refractivity contribution in [1.82, 2.24) is 10.2 Å². The van der Waals surface area contributed by atoms with E-state index in [0.717, 1.165) is 5.56 Å². The van der Waals surface area contributed by atoms with Gasteiger partial charge in [-0.1, -0.05) is 54.6 Å². The molecule has 0 amide bonds. The van der Waals surface area contributed by atoms with Crippen LogP contribution in [0.25, 0.3) is 33.3 Å². The lowest BCUT2D eigenvalue weighted by molar-refractivity contribution is 0.308. The molecule has 5 aromatic rings. The SMILES string of the molecule is NS(=O)(=O)c1cccc(-c2cc3[nH]nc(-c4cccc(S(N)(=O)=O)c4)c3cc2OCc2ccccc2)c1. The molecule has 188 valence electrons. The Morgan fingerprint density at radius 3 is 2.00 bits per heavy atom. The molecule has 0 radical (unpaired) electrons. The molecule has 0 spiro atoms. The summed E-state index contributed by atoms with van der Waals surface area (Å²) in [7, 11) is -7.81. The highest BCUT2D eigenvalue weighted by atomic mass is 32.2. The summed E-state index contributed by atoms with van der Waals surface area (Å²) in [6, 6.07) is 25.7. The van der Waals surface area contributed by atoms with Crippen LogP contribution in [0.1, 0.15) is 5.56 Å². The van der Waals surface area contributed by atoms with E-state index in [-0.39, 0.29) is 16.4 Å². The van der Waals surface area contributed by atoms with Gasteiger partial charge in [0.2, 0.25) is 20.0 Å². The Kier molecular flexibility index (Phi) is 6.30. The number of ether oxygens (including phenoxy) is 1. The van der Waals surface area contributed by atoms with Crippen molar-refractivity contribution in [2.75, 3.05) is 0 Å². The maximum atomic E-state index is 12.0. The largest absolute Gasteiger partial charge is 0.488 e. The highest BCUT2D eigenvalue weighted by Crippen LogP contribution is 2.38. The van der Waals surface area contributed by atoms with Gasteiger partial charge in [0.05, 0.1) is 15.3 Å². The zero-order valence-corrected chi connectivity index (χ0v) is 21.0.